The second-order valence-corrected chi connectivity index (χ2v) is 8.26. The monoisotopic (exact) mass is 394 g/mol. The number of amides is 1. The molecule has 2 aromatic carbocycles. The summed E-state index contributed by atoms with van der Waals surface area (Å²) < 4.78 is 44.5. The zero-order valence-corrected chi connectivity index (χ0v) is 16.5. The number of benzene rings is 2. The van der Waals surface area contributed by atoms with E-state index in [1.165, 1.54) is 25.1 Å². The van der Waals surface area contributed by atoms with Crippen molar-refractivity contribution in [1.29, 1.82) is 0 Å². The zero-order valence-electron chi connectivity index (χ0n) is 15.6. The molecule has 146 valence electrons. The molecule has 0 bridgehead atoms. The molecule has 8 heteroatoms. The highest BCUT2D eigenvalue weighted by molar-refractivity contribution is 7.92. The number of anilines is 2. The van der Waals surface area contributed by atoms with Gasteiger partial charge in [0.1, 0.15) is 17.6 Å². The SMILES string of the molecule is CC(C)Oc1cccc(NC(=O)C(C)N(c2cccc(F)c2)S(C)(=O)=O)c1. The van der Waals surface area contributed by atoms with E-state index in [0.717, 1.165) is 16.6 Å². The van der Waals surface area contributed by atoms with Crippen molar-refractivity contribution in [3.63, 3.8) is 0 Å². The number of nitrogens with one attached hydrogen (secondary N) is 1. The van der Waals surface area contributed by atoms with Crippen molar-refractivity contribution in [3.8, 4) is 5.75 Å². The van der Waals surface area contributed by atoms with E-state index >= 15 is 0 Å². The molecule has 0 radical (unpaired) electrons. The van der Waals surface area contributed by atoms with E-state index in [9.17, 15) is 17.6 Å². The highest BCUT2D eigenvalue weighted by Gasteiger charge is 2.29. The summed E-state index contributed by atoms with van der Waals surface area (Å²) in [5.74, 6) is -0.556. The molecule has 1 amide bonds. The Morgan fingerprint density at radius 2 is 1.78 bits per heavy atom. The average molecular weight is 394 g/mol. The Hall–Kier alpha value is -2.61. The summed E-state index contributed by atoms with van der Waals surface area (Å²) in [6, 6.07) is 10.8. The maximum Gasteiger partial charge on any atom is 0.247 e. The van der Waals surface area contributed by atoms with Crippen LogP contribution in [-0.2, 0) is 14.8 Å². The van der Waals surface area contributed by atoms with Gasteiger partial charge in [0.15, 0.2) is 0 Å². The number of hydrogen-bond donors (Lipinski definition) is 1. The van der Waals surface area contributed by atoms with Crippen LogP contribution in [0.25, 0.3) is 0 Å². The fraction of sp³-hybridized carbons (Fsp3) is 0.316. The maximum absolute atomic E-state index is 13.5. The Kier molecular flexibility index (Phi) is 6.43. The first-order valence-corrected chi connectivity index (χ1v) is 10.3. The van der Waals surface area contributed by atoms with E-state index in [1.807, 2.05) is 13.8 Å². The molecule has 6 nitrogen and oxygen atoms in total. The standard InChI is InChI=1S/C19H23FN2O4S/c1-13(2)26-18-10-6-8-16(12-18)21-19(23)14(3)22(27(4,24)25)17-9-5-7-15(20)11-17/h5-14H,1-4H3,(H,21,23). The van der Waals surface area contributed by atoms with Gasteiger partial charge in [-0.3, -0.25) is 9.10 Å². The molecule has 1 N–H and O–H groups in total. The summed E-state index contributed by atoms with van der Waals surface area (Å²) in [6.07, 6.45) is 0.947. The van der Waals surface area contributed by atoms with E-state index in [4.69, 9.17) is 4.74 Å². The van der Waals surface area contributed by atoms with E-state index < -0.39 is 27.8 Å². The summed E-state index contributed by atoms with van der Waals surface area (Å²) in [5, 5.41) is 2.67. The molecule has 0 spiro atoms. The van der Waals surface area contributed by atoms with Gasteiger partial charge < -0.3 is 10.1 Å². The first-order valence-electron chi connectivity index (χ1n) is 8.40. The predicted octanol–water partition coefficient (Wildman–Crippen LogP) is 3.41. The summed E-state index contributed by atoms with van der Waals surface area (Å²) in [6.45, 7) is 5.21. The summed E-state index contributed by atoms with van der Waals surface area (Å²) in [4.78, 5) is 12.6. The third-order valence-corrected chi connectivity index (χ3v) is 4.87. The lowest BCUT2D eigenvalue weighted by Gasteiger charge is -2.28. The van der Waals surface area contributed by atoms with E-state index in [-0.39, 0.29) is 11.8 Å². The number of ether oxygens (including phenoxy) is 1. The Labute approximate surface area is 159 Å². The molecule has 1 unspecified atom stereocenters. The lowest BCUT2D eigenvalue weighted by atomic mass is 10.2. The van der Waals surface area contributed by atoms with Crippen molar-refractivity contribution in [2.75, 3.05) is 15.9 Å². The van der Waals surface area contributed by atoms with Crippen LogP contribution in [-0.4, -0.2) is 32.7 Å². The minimum atomic E-state index is -3.81. The molecular formula is C19H23FN2O4S. The molecule has 0 aliphatic heterocycles. The van der Waals surface area contributed by atoms with E-state index in [0.29, 0.717) is 11.4 Å². The van der Waals surface area contributed by atoms with Gasteiger partial charge in [0.05, 0.1) is 18.0 Å². The van der Waals surface area contributed by atoms with Crippen LogP contribution in [0, 0.1) is 5.82 Å². The van der Waals surface area contributed by atoms with Crippen molar-refractivity contribution >= 4 is 27.3 Å². The van der Waals surface area contributed by atoms with Crippen LogP contribution >= 0.6 is 0 Å². The molecule has 0 saturated carbocycles. The van der Waals surface area contributed by atoms with Gasteiger partial charge >= 0.3 is 0 Å². The lowest BCUT2D eigenvalue weighted by Crippen LogP contribution is -2.45. The maximum atomic E-state index is 13.5. The van der Waals surface area contributed by atoms with Crippen LogP contribution in [0.15, 0.2) is 48.5 Å². The number of carbonyl (C=O) groups is 1. The molecule has 0 aromatic heterocycles. The normalized spacial score (nSPS) is 12.5. The smallest absolute Gasteiger partial charge is 0.247 e. The van der Waals surface area contributed by atoms with Gasteiger partial charge in [-0.15, -0.1) is 0 Å². The van der Waals surface area contributed by atoms with Crippen LogP contribution in [0.1, 0.15) is 20.8 Å². The van der Waals surface area contributed by atoms with E-state index in [1.54, 1.807) is 24.3 Å². The van der Waals surface area contributed by atoms with Gasteiger partial charge in [0.2, 0.25) is 15.9 Å². The molecule has 27 heavy (non-hydrogen) atoms. The van der Waals surface area contributed by atoms with Gasteiger partial charge in [-0.1, -0.05) is 12.1 Å². The molecule has 0 fully saturated rings. The van der Waals surface area contributed by atoms with Crippen molar-refractivity contribution in [2.24, 2.45) is 0 Å². The van der Waals surface area contributed by atoms with Crippen LogP contribution in [0.4, 0.5) is 15.8 Å². The number of carbonyl (C=O) groups excluding carboxylic acids is 1. The summed E-state index contributed by atoms with van der Waals surface area (Å²) in [7, 11) is -3.81. The number of nitrogens with zero attached hydrogens (tertiary/aromatic N) is 1. The molecule has 1 atom stereocenters. The fourth-order valence-electron chi connectivity index (χ4n) is 2.59. The Balaban J connectivity index is 2.25. The van der Waals surface area contributed by atoms with E-state index in [2.05, 4.69) is 5.32 Å². The summed E-state index contributed by atoms with van der Waals surface area (Å²) >= 11 is 0. The van der Waals surface area contributed by atoms with Gasteiger partial charge in [-0.25, -0.2) is 12.8 Å². The molecule has 2 rings (SSSR count). The number of rotatable bonds is 7. The quantitative estimate of drug-likeness (QED) is 0.781. The molecule has 0 heterocycles. The fourth-order valence-corrected chi connectivity index (χ4v) is 3.75. The largest absolute Gasteiger partial charge is 0.491 e. The Bertz CT molecular complexity index is 915. The van der Waals surface area contributed by atoms with Crippen molar-refractivity contribution in [1.82, 2.24) is 0 Å². The second kappa shape index (κ2) is 8.39. The molecule has 0 aliphatic rings. The first-order chi connectivity index (χ1) is 12.6. The van der Waals surface area contributed by atoms with Crippen LogP contribution in [0.5, 0.6) is 5.75 Å². The Morgan fingerprint density at radius 3 is 2.37 bits per heavy atom. The van der Waals surface area contributed by atoms with Gasteiger partial charge in [0.25, 0.3) is 0 Å². The molecule has 0 aliphatic carbocycles. The van der Waals surface area contributed by atoms with Gasteiger partial charge in [-0.2, -0.15) is 0 Å². The van der Waals surface area contributed by atoms with Gasteiger partial charge in [0, 0.05) is 11.8 Å². The topological polar surface area (TPSA) is 75.7 Å². The highest BCUT2D eigenvalue weighted by atomic mass is 32.2. The van der Waals surface area contributed by atoms with Crippen molar-refractivity contribution in [2.45, 2.75) is 32.9 Å². The van der Waals surface area contributed by atoms with Crippen molar-refractivity contribution < 1.29 is 22.3 Å². The summed E-state index contributed by atoms with van der Waals surface area (Å²) in [5.41, 5.74) is 0.551. The molecular weight excluding hydrogens is 371 g/mol. The zero-order chi connectivity index (χ0) is 20.2. The molecule has 0 saturated heterocycles. The van der Waals surface area contributed by atoms with Crippen molar-refractivity contribution in [3.05, 3.63) is 54.3 Å². The predicted molar refractivity (Wildman–Crippen MR) is 104 cm³/mol. The minimum Gasteiger partial charge on any atom is -0.491 e. The van der Waals surface area contributed by atoms with Crippen LogP contribution in [0.2, 0.25) is 0 Å². The first kappa shape index (κ1) is 20.7. The van der Waals surface area contributed by atoms with Gasteiger partial charge in [-0.05, 0) is 51.1 Å². The third-order valence-electron chi connectivity index (χ3n) is 3.62. The second-order valence-electron chi connectivity index (χ2n) is 6.40. The minimum absolute atomic E-state index is 0.0245. The van der Waals surface area contributed by atoms with Crippen LogP contribution in [0.3, 0.4) is 0 Å². The number of sulfonamides is 1. The molecule has 2 aromatic rings. The van der Waals surface area contributed by atoms with Crippen LogP contribution < -0.4 is 14.4 Å². The number of hydrogen-bond acceptors (Lipinski definition) is 4. The Morgan fingerprint density at radius 1 is 1.11 bits per heavy atom. The number of halogens is 1. The average Bonchev–Trinajstić information content (AvgIpc) is 2.53. The third kappa shape index (κ3) is 5.68. The highest BCUT2D eigenvalue weighted by Crippen LogP contribution is 2.23. The lowest BCUT2D eigenvalue weighted by molar-refractivity contribution is -0.116.